The lowest BCUT2D eigenvalue weighted by molar-refractivity contribution is -0.114. The summed E-state index contributed by atoms with van der Waals surface area (Å²) in [4.78, 5) is 12.6. The summed E-state index contributed by atoms with van der Waals surface area (Å²) in [5.74, 6) is 0.0536. The molecule has 0 atom stereocenters. The number of nitrogens with zero attached hydrogens (tertiary/aromatic N) is 1. The molecule has 0 fully saturated rings. The van der Waals surface area contributed by atoms with Crippen LogP contribution in [-0.2, 0) is 20.2 Å². The zero-order chi connectivity index (χ0) is 22.5. The molecule has 8 heteroatoms. The van der Waals surface area contributed by atoms with E-state index >= 15 is 0 Å². The Balaban J connectivity index is 2.18. The van der Waals surface area contributed by atoms with Gasteiger partial charge in [0.15, 0.2) is 0 Å². The van der Waals surface area contributed by atoms with E-state index in [2.05, 4.69) is 31.4 Å². The summed E-state index contributed by atoms with van der Waals surface area (Å²) in [5.41, 5.74) is 2.21. The molecule has 0 radical (unpaired) electrons. The molecule has 0 saturated heterocycles. The van der Waals surface area contributed by atoms with Crippen molar-refractivity contribution >= 4 is 27.3 Å². The van der Waals surface area contributed by atoms with Gasteiger partial charge < -0.3 is 15.4 Å². The molecule has 0 unspecified atom stereocenters. The predicted octanol–water partition coefficient (Wildman–Crippen LogP) is 3.68. The van der Waals surface area contributed by atoms with Crippen molar-refractivity contribution in [3.05, 3.63) is 48.0 Å². The average Bonchev–Trinajstić information content (AvgIpc) is 2.66. The molecule has 0 heterocycles. The van der Waals surface area contributed by atoms with E-state index in [0.717, 1.165) is 15.6 Å². The van der Waals surface area contributed by atoms with Gasteiger partial charge in [0.2, 0.25) is 15.9 Å². The molecule has 2 aromatic rings. The molecule has 2 aromatic carbocycles. The van der Waals surface area contributed by atoms with Gasteiger partial charge in [-0.3, -0.25) is 4.79 Å². The Labute approximate surface area is 179 Å². The van der Waals surface area contributed by atoms with E-state index in [-0.39, 0.29) is 28.5 Å². The highest BCUT2D eigenvalue weighted by molar-refractivity contribution is 7.89. The number of carbonyl (C=O) groups is 1. The lowest BCUT2D eigenvalue weighted by atomic mass is 9.86. The van der Waals surface area contributed by atoms with Crippen LogP contribution in [0, 0.1) is 0 Å². The molecule has 0 aliphatic rings. The first kappa shape index (κ1) is 23.7. The van der Waals surface area contributed by atoms with Gasteiger partial charge in [-0.15, -0.1) is 0 Å². The van der Waals surface area contributed by atoms with Gasteiger partial charge in [-0.05, 0) is 42.2 Å². The molecule has 0 saturated carbocycles. The molecular weight excluding hydrogens is 402 g/mol. The number of sulfonamides is 1. The van der Waals surface area contributed by atoms with Crippen LogP contribution < -0.4 is 15.4 Å². The first-order chi connectivity index (χ1) is 14.0. The van der Waals surface area contributed by atoms with E-state index in [0.29, 0.717) is 12.3 Å². The number of ether oxygens (including phenoxy) is 1. The summed E-state index contributed by atoms with van der Waals surface area (Å²) in [7, 11) is -0.766. The zero-order valence-corrected chi connectivity index (χ0v) is 19.3. The summed E-state index contributed by atoms with van der Waals surface area (Å²) in [6.45, 7) is 8.39. The number of rotatable bonds is 8. The number of benzene rings is 2. The van der Waals surface area contributed by atoms with Crippen molar-refractivity contribution in [1.29, 1.82) is 0 Å². The topological polar surface area (TPSA) is 87.7 Å². The summed E-state index contributed by atoms with van der Waals surface area (Å²) >= 11 is 0. The predicted molar refractivity (Wildman–Crippen MR) is 121 cm³/mol. The third-order valence-electron chi connectivity index (χ3n) is 4.46. The average molecular weight is 434 g/mol. The van der Waals surface area contributed by atoms with E-state index in [1.807, 2.05) is 24.3 Å². The maximum absolute atomic E-state index is 12.6. The van der Waals surface area contributed by atoms with Crippen LogP contribution in [0.15, 0.2) is 47.4 Å². The second-order valence-electron chi connectivity index (χ2n) is 8.08. The van der Waals surface area contributed by atoms with Crippen molar-refractivity contribution in [1.82, 2.24) is 4.31 Å². The molecule has 0 aliphatic heterocycles. The first-order valence-electron chi connectivity index (χ1n) is 9.79. The van der Waals surface area contributed by atoms with Crippen LogP contribution in [0.3, 0.4) is 0 Å². The van der Waals surface area contributed by atoms with Crippen LogP contribution in [0.5, 0.6) is 5.75 Å². The SMILES string of the molecule is CCOc1ccc(NCC(=O)Nc2ccccc2C(C)(C)C)cc1S(=O)(=O)N(C)C. The maximum atomic E-state index is 12.6. The summed E-state index contributed by atoms with van der Waals surface area (Å²) < 4.78 is 31.9. The molecule has 2 N–H and O–H groups in total. The number of amides is 1. The van der Waals surface area contributed by atoms with Gasteiger partial charge in [-0.25, -0.2) is 12.7 Å². The Morgan fingerprint density at radius 1 is 1.10 bits per heavy atom. The van der Waals surface area contributed by atoms with E-state index in [9.17, 15) is 13.2 Å². The molecule has 0 bridgehead atoms. The molecule has 2 rings (SSSR count). The van der Waals surface area contributed by atoms with Crippen LogP contribution in [0.1, 0.15) is 33.3 Å². The van der Waals surface area contributed by atoms with Gasteiger partial charge in [0.25, 0.3) is 0 Å². The van der Waals surface area contributed by atoms with Gasteiger partial charge in [0.1, 0.15) is 10.6 Å². The largest absolute Gasteiger partial charge is 0.492 e. The number of nitrogens with one attached hydrogen (secondary N) is 2. The van der Waals surface area contributed by atoms with Crippen molar-refractivity contribution in [2.45, 2.75) is 38.0 Å². The van der Waals surface area contributed by atoms with Crippen LogP contribution >= 0.6 is 0 Å². The molecular formula is C22H31N3O4S. The van der Waals surface area contributed by atoms with E-state index in [1.54, 1.807) is 19.1 Å². The smallest absolute Gasteiger partial charge is 0.246 e. The summed E-state index contributed by atoms with van der Waals surface area (Å²) in [5, 5.41) is 5.92. The highest BCUT2D eigenvalue weighted by atomic mass is 32.2. The number of carbonyl (C=O) groups excluding carboxylic acids is 1. The summed E-state index contributed by atoms with van der Waals surface area (Å²) in [6, 6.07) is 12.5. The first-order valence-corrected chi connectivity index (χ1v) is 11.2. The second kappa shape index (κ2) is 9.49. The molecule has 7 nitrogen and oxygen atoms in total. The zero-order valence-electron chi connectivity index (χ0n) is 18.4. The fourth-order valence-corrected chi connectivity index (χ4v) is 3.96. The van der Waals surface area contributed by atoms with Crippen molar-refractivity contribution in [3.8, 4) is 5.75 Å². The van der Waals surface area contributed by atoms with Crippen LogP contribution in [-0.4, -0.2) is 45.9 Å². The Kier molecular flexibility index (Phi) is 7.49. The highest BCUT2D eigenvalue weighted by Crippen LogP contribution is 2.30. The van der Waals surface area contributed by atoms with Crippen molar-refractivity contribution in [2.75, 3.05) is 37.9 Å². The van der Waals surface area contributed by atoms with Gasteiger partial charge in [0.05, 0.1) is 13.2 Å². The van der Waals surface area contributed by atoms with Crippen molar-refractivity contribution in [2.24, 2.45) is 0 Å². The van der Waals surface area contributed by atoms with Crippen LogP contribution in [0.2, 0.25) is 0 Å². The maximum Gasteiger partial charge on any atom is 0.246 e. The third kappa shape index (κ3) is 5.73. The molecule has 0 spiro atoms. The molecule has 30 heavy (non-hydrogen) atoms. The number of hydrogen-bond acceptors (Lipinski definition) is 5. The minimum Gasteiger partial charge on any atom is -0.492 e. The van der Waals surface area contributed by atoms with Gasteiger partial charge >= 0.3 is 0 Å². The van der Waals surface area contributed by atoms with Crippen molar-refractivity contribution in [3.63, 3.8) is 0 Å². The minimum absolute atomic E-state index is 0.00604. The molecule has 0 aromatic heterocycles. The molecule has 0 aliphatic carbocycles. The molecule has 164 valence electrons. The fraction of sp³-hybridized carbons (Fsp3) is 0.409. The monoisotopic (exact) mass is 433 g/mol. The fourth-order valence-electron chi connectivity index (χ4n) is 2.91. The Morgan fingerprint density at radius 2 is 1.77 bits per heavy atom. The summed E-state index contributed by atoms with van der Waals surface area (Å²) in [6.07, 6.45) is 0. The number of anilines is 2. The number of para-hydroxylation sites is 1. The Morgan fingerprint density at radius 3 is 2.37 bits per heavy atom. The van der Waals surface area contributed by atoms with E-state index in [1.165, 1.54) is 20.2 Å². The van der Waals surface area contributed by atoms with Crippen LogP contribution in [0.4, 0.5) is 11.4 Å². The lowest BCUT2D eigenvalue weighted by Gasteiger charge is -2.23. The standard InChI is InChI=1S/C22H31N3O4S/c1-7-29-19-13-12-16(14-20(19)30(27,28)25(5)6)23-15-21(26)24-18-11-9-8-10-17(18)22(2,3)4/h8-14,23H,7,15H2,1-6H3,(H,24,26). The third-order valence-corrected chi connectivity index (χ3v) is 6.30. The van der Waals surface area contributed by atoms with E-state index < -0.39 is 10.0 Å². The highest BCUT2D eigenvalue weighted by Gasteiger charge is 2.23. The van der Waals surface area contributed by atoms with E-state index in [4.69, 9.17) is 4.74 Å². The molecule has 1 amide bonds. The Bertz CT molecular complexity index is 996. The van der Waals surface area contributed by atoms with Gasteiger partial charge in [0, 0.05) is 25.5 Å². The number of hydrogen-bond donors (Lipinski definition) is 2. The van der Waals surface area contributed by atoms with Gasteiger partial charge in [-0.2, -0.15) is 0 Å². The normalized spacial score (nSPS) is 12.0. The van der Waals surface area contributed by atoms with Crippen molar-refractivity contribution < 1.29 is 17.9 Å². The second-order valence-corrected chi connectivity index (χ2v) is 10.2. The Hall–Kier alpha value is -2.58. The quantitative estimate of drug-likeness (QED) is 0.663. The minimum atomic E-state index is -3.69. The van der Waals surface area contributed by atoms with Gasteiger partial charge in [-0.1, -0.05) is 39.0 Å². The lowest BCUT2D eigenvalue weighted by Crippen LogP contribution is -2.25. The van der Waals surface area contributed by atoms with Crippen LogP contribution in [0.25, 0.3) is 0 Å².